The summed E-state index contributed by atoms with van der Waals surface area (Å²) in [6.07, 6.45) is 8.28. The largest absolute Gasteiger partial charge is 0.377 e. The number of carbonyl (C=O) groups is 1. The van der Waals surface area contributed by atoms with Crippen LogP contribution in [0.25, 0.3) is 0 Å². The van der Waals surface area contributed by atoms with Crippen molar-refractivity contribution in [1.29, 1.82) is 0 Å². The first-order valence-electron chi connectivity index (χ1n) is 10.1. The van der Waals surface area contributed by atoms with Gasteiger partial charge < -0.3 is 5.11 Å². The molecule has 4 aliphatic carbocycles. The topological polar surface area (TPSA) is 37.3 Å². The van der Waals surface area contributed by atoms with Crippen molar-refractivity contribution in [2.45, 2.75) is 77.7 Å². The maximum Gasteiger partial charge on any atom is 0.136 e. The van der Waals surface area contributed by atoms with Crippen molar-refractivity contribution in [2.75, 3.05) is 0 Å². The summed E-state index contributed by atoms with van der Waals surface area (Å²) in [4.78, 5) is 12.3. The lowest BCUT2D eigenvalue weighted by atomic mass is 9.44. The fraction of sp³-hybridized carbons (Fsp3) is 0.864. The molecule has 0 spiro atoms. The standard InChI is InChI=1S/C22H31ClO2/c1-14-13-20(2)15(12-19(14)24)4-5-16-17(20)6-8-21(3)18(16)7-9-22(21,25)10-11-23/h14-18,25H,4-9,12-13H2,1-3H3. The SMILES string of the molecule is CC1CC2(C)C(CCC3C2CCC2(C)C3CCC2(O)C#CCl)CC1=O. The van der Waals surface area contributed by atoms with E-state index in [0.717, 1.165) is 38.5 Å². The maximum absolute atomic E-state index is 12.3. The van der Waals surface area contributed by atoms with Gasteiger partial charge in [-0.05, 0) is 85.6 Å². The summed E-state index contributed by atoms with van der Waals surface area (Å²) in [7, 11) is 0. The molecular weight excluding hydrogens is 332 g/mol. The summed E-state index contributed by atoms with van der Waals surface area (Å²) < 4.78 is 0. The van der Waals surface area contributed by atoms with E-state index in [9.17, 15) is 9.90 Å². The van der Waals surface area contributed by atoms with Gasteiger partial charge in [0.05, 0.1) is 0 Å². The first-order valence-corrected chi connectivity index (χ1v) is 10.5. The monoisotopic (exact) mass is 362 g/mol. The molecule has 4 rings (SSSR count). The molecule has 1 N–H and O–H groups in total. The number of Topliss-reactive ketones (excluding diaryl/α,β-unsaturated/α-hetero) is 1. The zero-order valence-corrected chi connectivity index (χ0v) is 16.5. The van der Waals surface area contributed by atoms with Crippen LogP contribution in [-0.4, -0.2) is 16.5 Å². The summed E-state index contributed by atoms with van der Waals surface area (Å²) in [5.41, 5.74) is -0.746. The van der Waals surface area contributed by atoms with Crippen molar-refractivity contribution < 1.29 is 9.90 Å². The molecular formula is C22H31ClO2. The average Bonchev–Trinajstić information content (AvgIpc) is 2.81. The predicted molar refractivity (Wildman–Crippen MR) is 99.9 cm³/mol. The molecule has 8 atom stereocenters. The first kappa shape index (κ1) is 17.9. The van der Waals surface area contributed by atoms with Crippen molar-refractivity contribution in [1.82, 2.24) is 0 Å². The van der Waals surface area contributed by atoms with E-state index < -0.39 is 5.60 Å². The lowest BCUT2D eigenvalue weighted by Crippen LogP contribution is -2.57. The third kappa shape index (κ3) is 2.31. The van der Waals surface area contributed by atoms with Crippen molar-refractivity contribution in [3.05, 3.63) is 0 Å². The number of carbonyl (C=O) groups excluding carboxylic acids is 1. The van der Waals surface area contributed by atoms with Gasteiger partial charge in [-0.15, -0.1) is 0 Å². The molecule has 3 heteroatoms. The number of ketones is 1. The lowest BCUT2D eigenvalue weighted by Gasteiger charge is -2.61. The van der Waals surface area contributed by atoms with E-state index in [2.05, 4.69) is 32.1 Å². The molecule has 0 bridgehead atoms. The van der Waals surface area contributed by atoms with Crippen LogP contribution in [0, 0.1) is 51.7 Å². The molecule has 0 aromatic heterocycles. The Kier molecular flexibility index (Phi) is 4.10. The van der Waals surface area contributed by atoms with Crippen LogP contribution in [-0.2, 0) is 4.79 Å². The Morgan fingerprint density at radius 1 is 1.12 bits per heavy atom. The Labute approximate surface area is 157 Å². The van der Waals surface area contributed by atoms with Crippen molar-refractivity contribution in [3.63, 3.8) is 0 Å². The minimum Gasteiger partial charge on any atom is -0.377 e. The van der Waals surface area contributed by atoms with Crippen molar-refractivity contribution in [3.8, 4) is 11.3 Å². The van der Waals surface area contributed by atoms with Gasteiger partial charge in [0.2, 0.25) is 0 Å². The maximum atomic E-state index is 12.3. The van der Waals surface area contributed by atoms with Gasteiger partial charge in [-0.1, -0.05) is 26.7 Å². The normalized spacial score (nSPS) is 54.8. The molecule has 2 nitrogen and oxygen atoms in total. The van der Waals surface area contributed by atoms with Crippen LogP contribution in [0.4, 0.5) is 0 Å². The molecule has 0 aromatic carbocycles. The fourth-order valence-electron chi connectivity index (χ4n) is 7.71. The van der Waals surface area contributed by atoms with Crippen LogP contribution in [0.1, 0.15) is 72.1 Å². The van der Waals surface area contributed by atoms with Crippen molar-refractivity contribution in [2.24, 2.45) is 40.4 Å². The molecule has 25 heavy (non-hydrogen) atoms. The quantitative estimate of drug-likeness (QED) is 0.630. The highest BCUT2D eigenvalue weighted by molar-refractivity contribution is 6.30. The molecule has 8 unspecified atom stereocenters. The van der Waals surface area contributed by atoms with E-state index in [1.54, 1.807) is 0 Å². The highest BCUT2D eigenvalue weighted by Crippen LogP contribution is 2.68. The number of hydrogen-bond donors (Lipinski definition) is 1. The van der Waals surface area contributed by atoms with Gasteiger partial charge in [-0.3, -0.25) is 4.79 Å². The molecule has 4 aliphatic rings. The number of rotatable bonds is 0. The Balaban J connectivity index is 1.66. The third-order valence-electron chi connectivity index (χ3n) is 9.21. The van der Waals surface area contributed by atoms with E-state index in [0.29, 0.717) is 34.9 Å². The molecule has 0 radical (unpaired) electrons. The van der Waals surface area contributed by atoms with Gasteiger partial charge in [0.15, 0.2) is 0 Å². The van der Waals surface area contributed by atoms with E-state index in [1.165, 1.54) is 12.8 Å². The van der Waals surface area contributed by atoms with E-state index in [-0.39, 0.29) is 11.3 Å². The summed E-state index contributed by atoms with van der Waals surface area (Å²) in [5.74, 6) is 6.15. The van der Waals surface area contributed by atoms with Gasteiger partial charge >= 0.3 is 0 Å². The second-order valence-corrected chi connectivity index (χ2v) is 10.2. The van der Waals surface area contributed by atoms with Gasteiger partial charge in [0, 0.05) is 23.1 Å². The summed E-state index contributed by atoms with van der Waals surface area (Å²) in [6.45, 7) is 6.86. The molecule has 0 aromatic rings. The van der Waals surface area contributed by atoms with Crippen molar-refractivity contribution >= 4 is 17.4 Å². The molecule has 138 valence electrons. The summed E-state index contributed by atoms with van der Waals surface area (Å²) >= 11 is 5.69. The highest BCUT2D eigenvalue weighted by atomic mass is 35.5. The van der Waals surface area contributed by atoms with Crippen LogP contribution in [0.5, 0.6) is 0 Å². The van der Waals surface area contributed by atoms with Crippen LogP contribution in [0.3, 0.4) is 0 Å². The number of halogens is 1. The Hall–Kier alpha value is -0.520. The zero-order chi connectivity index (χ0) is 18.0. The molecule has 0 heterocycles. The van der Waals surface area contributed by atoms with E-state index >= 15 is 0 Å². The van der Waals surface area contributed by atoms with Crippen LogP contribution >= 0.6 is 11.6 Å². The van der Waals surface area contributed by atoms with Crippen LogP contribution in [0.2, 0.25) is 0 Å². The lowest BCUT2D eigenvalue weighted by molar-refractivity contribution is -0.153. The van der Waals surface area contributed by atoms with Crippen LogP contribution < -0.4 is 0 Å². The molecule has 4 saturated carbocycles. The second-order valence-electron chi connectivity index (χ2n) is 10.0. The fourth-order valence-corrected chi connectivity index (χ4v) is 7.86. The summed E-state index contributed by atoms with van der Waals surface area (Å²) in [5, 5.41) is 13.7. The predicted octanol–water partition coefficient (Wildman–Crippen LogP) is 4.78. The Bertz CT molecular complexity index is 648. The van der Waals surface area contributed by atoms with Gasteiger partial charge in [0.1, 0.15) is 11.4 Å². The third-order valence-corrected chi connectivity index (χ3v) is 9.31. The van der Waals surface area contributed by atoms with Gasteiger partial charge in [-0.25, -0.2) is 0 Å². The zero-order valence-electron chi connectivity index (χ0n) is 15.8. The highest BCUT2D eigenvalue weighted by Gasteiger charge is 2.64. The molecule has 0 aliphatic heterocycles. The minimum absolute atomic E-state index is 0.130. The Morgan fingerprint density at radius 2 is 1.84 bits per heavy atom. The number of hydrogen-bond acceptors (Lipinski definition) is 2. The number of fused-ring (bicyclic) bond motifs is 5. The van der Waals surface area contributed by atoms with Crippen LogP contribution in [0.15, 0.2) is 0 Å². The Morgan fingerprint density at radius 3 is 2.56 bits per heavy atom. The molecule has 4 fully saturated rings. The minimum atomic E-state index is -0.919. The van der Waals surface area contributed by atoms with E-state index in [1.807, 2.05) is 0 Å². The van der Waals surface area contributed by atoms with Gasteiger partial charge in [-0.2, -0.15) is 0 Å². The molecule has 0 amide bonds. The average molecular weight is 363 g/mol. The molecule has 0 saturated heterocycles. The second kappa shape index (κ2) is 5.74. The first-order chi connectivity index (χ1) is 11.7. The van der Waals surface area contributed by atoms with E-state index in [4.69, 9.17) is 11.6 Å². The number of aliphatic hydroxyl groups is 1. The van der Waals surface area contributed by atoms with Gasteiger partial charge in [0.25, 0.3) is 0 Å². The summed E-state index contributed by atoms with van der Waals surface area (Å²) in [6, 6.07) is 0. The smallest absolute Gasteiger partial charge is 0.136 e.